The van der Waals surface area contributed by atoms with Gasteiger partial charge in [0.25, 0.3) is 5.91 Å². The molecule has 0 radical (unpaired) electrons. The molecule has 1 fully saturated rings. The molecule has 0 unspecified atom stereocenters. The number of nitrogens with one attached hydrogen (secondary N) is 1. The normalized spacial score (nSPS) is 14.8. The Bertz CT molecular complexity index is 386. The molecular formula is C13H19N3O2. The van der Waals surface area contributed by atoms with Crippen LogP contribution in [-0.4, -0.2) is 42.5 Å². The molecule has 1 aromatic heterocycles. The summed E-state index contributed by atoms with van der Waals surface area (Å²) in [4.78, 5) is 17.8. The quantitative estimate of drug-likeness (QED) is 0.838. The first-order valence-electron chi connectivity index (χ1n) is 6.29. The largest absolute Gasteiger partial charge is 0.482 e. The molecule has 0 atom stereocenters. The van der Waals surface area contributed by atoms with Crippen molar-refractivity contribution in [3.8, 4) is 5.75 Å². The first kappa shape index (κ1) is 12.8. The van der Waals surface area contributed by atoms with Crippen LogP contribution in [0.15, 0.2) is 18.3 Å². The second-order valence-electron chi connectivity index (χ2n) is 4.39. The second-order valence-corrected chi connectivity index (χ2v) is 4.39. The number of likely N-dealkylation sites (tertiary alicyclic amines) is 1. The van der Waals surface area contributed by atoms with E-state index < -0.39 is 0 Å². The summed E-state index contributed by atoms with van der Waals surface area (Å²) in [6.07, 6.45) is 3.86. The van der Waals surface area contributed by atoms with Gasteiger partial charge in [-0.1, -0.05) is 0 Å². The Hall–Kier alpha value is -1.62. The van der Waals surface area contributed by atoms with Gasteiger partial charge in [0.1, 0.15) is 5.75 Å². The van der Waals surface area contributed by atoms with E-state index in [0.717, 1.165) is 38.2 Å². The van der Waals surface area contributed by atoms with E-state index in [1.165, 1.54) is 0 Å². The van der Waals surface area contributed by atoms with Crippen LogP contribution in [0.2, 0.25) is 0 Å². The lowest BCUT2D eigenvalue weighted by Crippen LogP contribution is -2.32. The number of nitrogens with zero attached hydrogens (tertiary/aromatic N) is 2. The zero-order chi connectivity index (χ0) is 12.8. The molecule has 0 spiro atoms. The topological polar surface area (TPSA) is 54.5 Å². The molecule has 1 aromatic rings. The maximum absolute atomic E-state index is 11.8. The summed E-state index contributed by atoms with van der Waals surface area (Å²) in [6.45, 7) is 2.56. The number of hydrogen-bond donors (Lipinski definition) is 1. The van der Waals surface area contributed by atoms with Crippen LogP contribution in [0.1, 0.15) is 18.5 Å². The molecule has 1 N–H and O–H groups in total. The SMILES string of the molecule is CNCc1ccc(OCC(=O)N2CCCC2)cn1. The van der Waals surface area contributed by atoms with Crippen molar-refractivity contribution in [1.82, 2.24) is 15.2 Å². The summed E-state index contributed by atoms with van der Waals surface area (Å²) in [5, 5.41) is 3.03. The number of hydrogen-bond acceptors (Lipinski definition) is 4. The van der Waals surface area contributed by atoms with Gasteiger partial charge in [-0.25, -0.2) is 0 Å². The molecule has 1 amide bonds. The van der Waals surface area contributed by atoms with Crippen molar-refractivity contribution in [2.75, 3.05) is 26.7 Å². The van der Waals surface area contributed by atoms with E-state index >= 15 is 0 Å². The monoisotopic (exact) mass is 249 g/mol. The molecule has 0 bridgehead atoms. The molecule has 2 rings (SSSR count). The Labute approximate surface area is 107 Å². The molecule has 1 aliphatic rings. The minimum absolute atomic E-state index is 0.0619. The third kappa shape index (κ3) is 3.43. The van der Waals surface area contributed by atoms with Crippen molar-refractivity contribution in [1.29, 1.82) is 0 Å². The van der Waals surface area contributed by atoms with Crippen LogP contribution >= 0.6 is 0 Å². The van der Waals surface area contributed by atoms with Crippen molar-refractivity contribution < 1.29 is 9.53 Å². The Kier molecular flexibility index (Phi) is 4.52. The number of aromatic nitrogens is 1. The maximum atomic E-state index is 11.8. The summed E-state index contributed by atoms with van der Waals surface area (Å²) >= 11 is 0. The van der Waals surface area contributed by atoms with Gasteiger partial charge in [-0.15, -0.1) is 0 Å². The molecule has 2 heterocycles. The highest BCUT2D eigenvalue weighted by Gasteiger charge is 2.17. The number of rotatable bonds is 5. The van der Waals surface area contributed by atoms with Gasteiger partial charge in [-0.05, 0) is 32.0 Å². The highest BCUT2D eigenvalue weighted by atomic mass is 16.5. The smallest absolute Gasteiger partial charge is 0.260 e. The summed E-state index contributed by atoms with van der Waals surface area (Å²) in [5.41, 5.74) is 0.954. The maximum Gasteiger partial charge on any atom is 0.260 e. The zero-order valence-corrected chi connectivity index (χ0v) is 10.7. The van der Waals surface area contributed by atoms with Crippen LogP contribution in [0.4, 0.5) is 0 Å². The number of carbonyl (C=O) groups excluding carboxylic acids is 1. The van der Waals surface area contributed by atoms with E-state index in [4.69, 9.17) is 4.74 Å². The molecule has 0 aromatic carbocycles. The lowest BCUT2D eigenvalue weighted by molar-refractivity contribution is -0.132. The van der Waals surface area contributed by atoms with Crippen molar-refractivity contribution in [3.05, 3.63) is 24.0 Å². The summed E-state index contributed by atoms with van der Waals surface area (Å²) in [6, 6.07) is 3.74. The van der Waals surface area contributed by atoms with Crippen molar-refractivity contribution in [3.63, 3.8) is 0 Å². The average Bonchev–Trinajstić information content (AvgIpc) is 2.92. The van der Waals surface area contributed by atoms with E-state index in [-0.39, 0.29) is 12.5 Å². The molecule has 1 aliphatic heterocycles. The van der Waals surface area contributed by atoms with Gasteiger partial charge in [0, 0.05) is 19.6 Å². The Balaban J connectivity index is 1.80. The Morgan fingerprint density at radius 3 is 2.83 bits per heavy atom. The fourth-order valence-electron chi connectivity index (χ4n) is 1.98. The highest BCUT2D eigenvalue weighted by molar-refractivity contribution is 5.77. The van der Waals surface area contributed by atoms with Crippen LogP contribution < -0.4 is 10.1 Å². The van der Waals surface area contributed by atoms with E-state index in [0.29, 0.717) is 5.75 Å². The molecule has 5 heteroatoms. The molecule has 18 heavy (non-hydrogen) atoms. The lowest BCUT2D eigenvalue weighted by atomic mass is 10.3. The van der Waals surface area contributed by atoms with Gasteiger partial charge in [0.05, 0.1) is 11.9 Å². The van der Waals surface area contributed by atoms with Crippen molar-refractivity contribution in [2.24, 2.45) is 0 Å². The van der Waals surface area contributed by atoms with Crippen LogP contribution in [0.5, 0.6) is 5.75 Å². The molecular weight excluding hydrogens is 230 g/mol. The van der Waals surface area contributed by atoms with Crippen molar-refractivity contribution >= 4 is 5.91 Å². The minimum atomic E-state index is 0.0619. The fraction of sp³-hybridized carbons (Fsp3) is 0.538. The number of amides is 1. The third-order valence-electron chi connectivity index (χ3n) is 2.98. The first-order valence-corrected chi connectivity index (χ1v) is 6.29. The highest BCUT2D eigenvalue weighted by Crippen LogP contribution is 2.11. The summed E-state index contributed by atoms with van der Waals surface area (Å²) < 4.78 is 5.44. The second kappa shape index (κ2) is 6.35. The van der Waals surface area contributed by atoms with Gasteiger partial charge < -0.3 is 15.0 Å². The van der Waals surface area contributed by atoms with Crippen molar-refractivity contribution in [2.45, 2.75) is 19.4 Å². The Morgan fingerprint density at radius 1 is 1.44 bits per heavy atom. The predicted octanol–water partition coefficient (Wildman–Crippen LogP) is 0.802. The Morgan fingerprint density at radius 2 is 2.22 bits per heavy atom. The van der Waals surface area contributed by atoms with Crippen LogP contribution in [0, 0.1) is 0 Å². The minimum Gasteiger partial charge on any atom is -0.482 e. The number of pyridine rings is 1. The fourth-order valence-corrected chi connectivity index (χ4v) is 1.98. The van der Waals surface area contributed by atoms with E-state index in [2.05, 4.69) is 10.3 Å². The third-order valence-corrected chi connectivity index (χ3v) is 2.98. The first-order chi connectivity index (χ1) is 8.79. The molecule has 1 saturated heterocycles. The van der Waals surface area contributed by atoms with Crippen LogP contribution in [-0.2, 0) is 11.3 Å². The van der Waals surface area contributed by atoms with Gasteiger partial charge >= 0.3 is 0 Å². The summed E-state index contributed by atoms with van der Waals surface area (Å²) in [7, 11) is 1.88. The van der Waals surface area contributed by atoms with E-state index in [9.17, 15) is 4.79 Å². The zero-order valence-electron chi connectivity index (χ0n) is 10.7. The lowest BCUT2D eigenvalue weighted by Gasteiger charge is -2.15. The number of ether oxygens (including phenoxy) is 1. The van der Waals surface area contributed by atoms with Gasteiger partial charge in [-0.3, -0.25) is 9.78 Å². The van der Waals surface area contributed by atoms with E-state index in [1.807, 2.05) is 24.1 Å². The average molecular weight is 249 g/mol. The van der Waals surface area contributed by atoms with Gasteiger partial charge in [0.2, 0.25) is 0 Å². The van der Waals surface area contributed by atoms with E-state index in [1.54, 1.807) is 6.20 Å². The van der Waals surface area contributed by atoms with Crippen LogP contribution in [0.3, 0.4) is 0 Å². The molecule has 5 nitrogen and oxygen atoms in total. The van der Waals surface area contributed by atoms with Gasteiger partial charge in [0.15, 0.2) is 6.61 Å². The predicted molar refractivity (Wildman–Crippen MR) is 68.3 cm³/mol. The van der Waals surface area contributed by atoms with Crippen LogP contribution in [0.25, 0.3) is 0 Å². The molecule has 0 aliphatic carbocycles. The summed E-state index contributed by atoms with van der Waals surface area (Å²) in [5.74, 6) is 0.703. The standard InChI is InChI=1S/C13H19N3O2/c1-14-8-11-4-5-12(9-15-11)18-10-13(17)16-6-2-3-7-16/h4-5,9,14H,2-3,6-8,10H2,1H3. The molecule has 0 saturated carbocycles. The number of carbonyl (C=O) groups is 1. The molecule has 98 valence electrons. The van der Waals surface area contributed by atoms with Gasteiger partial charge in [-0.2, -0.15) is 0 Å².